The maximum absolute atomic E-state index is 15.6. The lowest BCUT2D eigenvalue weighted by molar-refractivity contribution is -0.122. The van der Waals surface area contributed by atoms with Crippen molar-refractivity contribution in [3.05, 3.63) is 40.5 Å². The van der Waals surface area contributed by atoms with Gasteiger partial charge in [-0.15, -0.1) is 0 Å². The summed E-state index contributed by atoms with van der Waals surface area (Å²) in [7, 11) is -3.57. The molecule has 2 aliphatic heterocycles. The fraction of sp³-hybridized carbons (Fsp3) is 0.613. The monoisotopic (exact) mass is 617 g/mol. The predicted molar refractivity (Wildman–Crippen MR) is 162 cm³/mol. The lowest BCUT2D eigenvalue weighted by Gasteiger charge is -2.32. The molecule has 1 aromatic carbocycles. The topological polar surface area (TPSA) is 136 Å². The van der Waals surface area contributed by atoms with Gasteiger partial charge in [0.05, 0.1) is 46.5 Å². The van der Waals surface area contributed by atoms with E-state index < -0.39 is 27.0 Å². The summed E-state index contributed by atoms with van der Waals surface area (Å²) in [6.07, 6.45) is 3.92. The van der Waals surface area contributed by atoms with Crippen molar-refractivity contribution in [3.8, 4) is 5.69 Å². The van der Waals surface area contributed by atoms with Crippen LogP contribution in [0.4, 0.5) is 10.1 Å². The number of aromatic nitrogens is 1. The number of rotatable bonds is 10. The second kappa shape index (κ2) is 12.2. The van der Waals surface area contributed by atoms with Crippen molar-refractivity contribution < 1.29 is 27.1 Å². The molecule has 12 heteroatoms. The zero-order chi connectivity index (χ0) is 31.1. The standard InChI is InChI=1S/C31H44FN5O5S/c1-5-36(6-2)12-11-27(38)35-20-9-7-19(8-10-20)34-24-14-21(13-23(32)28(24)30(33)39)37-25-15-31(3,4)18-43(40,41)29(25)22-16-42-17-26(22)37/h13-14,19-20,34H,5-12,15-18H2,1-4H3,(H2,33,39)(H,35,38). The smallest absolute Gasteiger partial charge is 0.253 e. The highest BCUT2D eigenvalue weighted by Gasteiger charge is 2.43. The minimum Gasteiger partial charge on any atom is -0.382 e. The molecule has 1 saturated carbocycles. The Balaban J connectivity index is 1.38. The third-order valence-corrected chi connectivity index (χ3v) is 11.3. The van der Waals surface area contributed by atoms with E-state index in [-0.39, 0.29) is 48.2 Å². The van der Waals surface area contributed by atoms with Crippen LogP contribution in [0.25, 0.3) is 5.69 Å². The Kier molecular flexibility index (Phi) is 8.93. The summed E-state index contributed by atoms with van der Waals surface area (Å²) in [6.45, 7) is 11.0. The van der Waals surface area contributed by atoms with Crippen molar-refractivity contribution >= 4 is 27.3 Å². The van der Waals surface area contributed by atoms with E-state index in [1.54, 1.807) is 10.6 Å². The number of anilines is 1. The number of primary amides is 1. The average Bonchev–Trinajstić information content (AvgIpc) is 3.48. The van der Waals surface area contributed by atoms with Gasteiger partial charge in [0.15, 0.2) is 9.84 Å². The van der Waals surface area contributed by atoms with Crippen molar-refractivity contribution in [1.29, 1.82) is 0 Å². The number of fused-ring (bicyclic) bond motifs is 3. The molecule has 236 valence electrons. The highest BCUT2D eigenvalue weighted by molar-refractivity contribution is 7.91. The normalized spacial score (nSPS) is 22.2. The zero-order valence-corrected chi connectivity index (χ0v) is 26.4. The Morgan fingerprint density at radius 1 is 1.09 bits per heavy atom. The first-order valence-electron chi connectivity index (χ1n) is 15.3. The fourth-order valence-corrected chi connectivity index (χ4v) is 9.32. The van der Waals surface area contributed by atoms with Gasteiger partial charge < -0.3 is 30.6 Å². The molecule has 1 aromatic heterocycles. The first-order chi connectivity index (χ1) is 20.3. The van der Waals surface area contributed by atoms with Crippen LogP contribution in [0.15, 0.2) is 17.0 Å². The zero-order valence-electron chi connectivity index (χ0n) is 25.6. The van der Waals surface area contributed by atoms with Crippen molar-refractivity contribution in [2.24, 2.45) is 11.1 Å². The molecule has 0 radical (unpaired) electrons. The van der Waals surface area contributed by atoms with Crippen molar-refractivity contribution in [1.82, 2.24) is 14.8 Å². The number of nitrogens with zero attached hydrogens (tertiary/aromatic N) is 2. The first-order valence-corrected chi connectivity index (χ1v) is 17.0. The van der Waals surface area contributed by atoms with E-state index in [1.807, 2.05) is 13.8 Å². The van der Waals surface area contributed by atoms with E-state index in [0.29, 0.717) is 40.4 Å². The summed E-state index contributed by atoms with van der Waals surface area (Å²) in [5, 5.41) is 6.51. The average molecular weight is 618 g/mol. The highest BCUT2D eigenvalue weighted by Crippen LogP contribution is 2.44. The summed E-state index contributed by atoms with van der Waals surface area (Å²) in [5.41, 5.74) is 7.57. The van der Waals surface area contributed by atoms with Gasteiger partial charge in [0.2, 0.25) is 5.91 Å². The lowest BCUT2D eigenvalue weighted by Crippen LogP contribution is -2.41. The summed E-state index contributed by atoms with van der Waals surface area (Å²) in [4.78, 5) is 27.4. The fourth-order valence-electron chi connectivity index (χ4n) is 6.97. The molecule has 3 aliphatic rings. The Hall–Kier alpha value is -2.96. The molecule has 10 nitrogen and oxygen atoms in total. The van der Waals surface area contributed by atoms with E-state index in [9.17, 15) is 18.0 Å². The van der Waals surface area contributed by atoms with E-state index in [4.69, 9.17) is 10.5 Å². The number of ether oxygens (including phenoxy) is 1. The molecule has 1 aliphatic carbocycles. The maximum Gasteiger partial charge on any atom is 0.253 e. The third-order valence-electron chi connectivity index (χ3n) is 9.03. The molecule has 43 heavy (non-hydrogen) atoms. The molecule has 5 rings (SSSR count). The summed E-state index contributed by atoms with van der Waals surface area (Å²) < 4.78 is 49.8. The van der Waals surface area contributed by atoms with Gasteiger partial charge in [0.1, 0.15) is 5.82 Å². The largest absolute Gasteiger partial charge is 0.382 e. The van der Waals surface area contributed by atoms with Gasteiger partial charge in [-0.3, -0.25) is 9.59 Å². The Morgan fingerprint density at radius 3 is 2.42 bits per heavy atom. The van der Waals surface area contributed by atoms with Gasteiger partial charge in [-0.05, 0) is 62.7 Å². The molecular formula is C31H44FN5O5S. The van der Waals surface area contributed by atoms with Crippen LogP contribution >= 0.6 is 0 Å². The molecule has 1 fully saturated rings. The number of hydrogen-bond acceptors (Lipinski definition) is 7. The van der Waals surface area contributed by atoms with Crippen LogP contribution in [0, 0.1) is 11.2 Å². The number of benzene rings is 1. The number of carbonyl (C=O) groups excluding carboxylic acids is 2. The Bertz CT molecular complexity index is 1510. The molecule has 0 spiro atoms. The molecule has 0 saturated heterocycles. The summed E-state index contributed by atoms with van der Waals surface area (Å²) in [5.74, 6) is -1.57. The number of nitrogens with one attached hydrogen (secondary N) is 2. The SMILES string of the molecule is CCN(CC)CCC(=O)NC1CCC(Nc2cc(-n3c4c(c5c3CC(C)(C)CS5(=O)=O)COC4)cc(F)c2C(N)=O)CC1. The van der Waals surface area contributed by atoms with E-state index in [0.717, 1.165) is 45.3 Å². The molecule has 0 bridgehead atoms. The number of hydrogen-bond donors (Lipinski definition) is 3. The van der Waals surface area contributed by atoms with Gasteiger partial charge >= 0.3 is 0 Å². The lowest BCUT2D eigenvalue weighted by atomic mass is 9.89. The molecule has 0 unspecified atom stereocenters. The molecule has 0 atom stereocenters. The quantitative estimate of drug-likeness (QED) is 0.370. The van der Waals surface area contributed by atoms with Gasteiger partial charge in [-0.25, -0.2) is 12.8 Å². The number of amides is 2. The highest BCUT2D eigenvalue weighted by atomic mass is 32.2. The van der Waals surface area contributed by atoms with Crippen LogP contribution in [-0.2, 0) is 39.0 Å². The van der Waals surface area contributed by atoms with Crippen LogP contribution in [0.5, 0.6) is 0 Å². The number of halogens is 1. The van der Waals surface area contributed by atoms with Gasteiger partial charge in [0, 0.05) is 36.3 Å². The first kappa shape index (κ1) is 31.5. The van der Waals surface area contributed by atoms with Crippen LogP contribution in [0.1, 0.15) is 87.1 Å². The Labute approximate surface area is 253 Å². The molecule has 3 heterocycles. The summed E-state index contributed by atoms with van der Waals surface area (Å²) >= 11 is 0. The molecular weight excluding hydrogens is 573 g/mol. The van der Waals surface area contributed by atoms with Crippen molar-refractivity contribution in [2.75, 3.05) is 30.7 Å². The minimum atomic E-state index is -3.57. The predicted octanol–water partition coefficient (Wildman–Crippen LogP) is 3.67. The second-order valence-corrected chi connectivity index (χ2v) is 14.8. The van der Waals surface area contributed by atoms with E-state index in [1.165, 1.54) is 6.07 Å². The van der Waals surface area contributed by atoms with Crippen molar-refractivity contribution in [2.45, 2.75) is 96.4 Å². The number of sulfone groups is 1. The number of carbonyl (C=O) groups is 2. The van der Waals surface area contributed by atoms with Gasteiger partial charge in [-0.2, -0.15) is 0 Å². The minimum absolute atomic E-state index is 0.0320. The van der Waals surface area contributed by atoms with Crippen LogP contribution in [-0.4, -0.2) is 67.2 Å². The molecule has 2 amide bonds. The molecule has 4 N–H and O–H groups in total. The van der Waals surface area contributed by atoms with Crippen LogP contribution in [0.3, 0.4) is 0 Å². The van der Waals surface area contributed by atoms with Gasteiger partial charge in [0.25, 0.3) is 5.91 Å². The van der Waals surface area contributed by atoms with E-state index >= 15 is 4.39 Å². The van der Waals surface area contributed by atoms with Gasteiger partial charge in [-0.1, -0.05) is 27.7 Å². The molecule has 2 aromatic rings. The second-order valence-electron chi connectivity index (χ2n) is 12.9. The third kappa shape index (κ3) is 6.46. The van der Waals surface area contributed by atoms with Crippen LogP contribution in [0.2, 0.25) is 0 Å². The maximum atomic E-state index is 15.6. The Morgan fingerprint density at radius 2 is 1.77 bits per heavy atom. The van der Waals surface area contributed by atoms with Crippen molar-refractivity contribution in [3.63, 3.8) is 0 Å². The van der Waals surface area contributed by atoms with E-state index in [2.05, 4.69) is 29.4 Å². The summed E-state index contributed by atoms with van der Waals surface area (Å²) in [6, 6.07) is 2.96. The van der Waals surface area contributed by atoms with Crippen LogP contribution < -0.4 is 16.4 Å². The number of nitrogens with two attached hydrogens (primary N) is 1.